The van der Waals surface area contributed by atoms with Gasteiger partial charge in [-0.2, -0.15) is 0 Å². The maximum Gasteiger partial charge on any atom is 0.306 e. The molecule has 0 aromatic carbocycles. The Morgan fingerprint density at radius 3 is 2.20 bits per heavy atom. The number of hydrogen-bond acceptors (Lipinski definition) is 2. The minimum absolute atomic E-state index is 0.0385. The van der Waals surface area contributed by atoms with Gasteiger partial charge in [0.15, 0.2) is 0 Å². The monoisotopic (exact) mass is 214 g/mol. The first-order valence-electron chi connectivity index (χ1n) is 6.13. The van der Waals surface area contributed by atoms with Crippen molar-refractivity contribution in [1.82, 2.24) is 0 Å². The second-order valence-electron chi connectivity index (χ2n) is 4.97. The van der Waals surface area contributed by atoms with Crippen molar-refractivity contribution >= 4 is 5.97 Å². The van der Waals surface area contributed by atoms with Gasteiger partial charge in [0.05, 0.1) is 6.61 Å². The summed E-state index contributed by atoms with van der Waals surface area (Å²) in [4.78, 5) is 11.4. The largest absolute Gasteiger partial charge is 0.466 e. The van der Waals surface area contributed by atoms with E-state index in [2.05, 4.69) is 34.6 Å². The molecule has 2 unspecified atom stereocenters. The summed E-state index contributed by atoms with van der Waals surface area (Å²) in [6.07, 6.45) is 2.65. The summed E-state index contributed by atoms with van der Waals surface area (Å²) < 4.78 is 5.18. The van der Waals surface area contributed by atoms with E-state index in [1.54, 1.807) is 0 Å². The van der Waals surface area contributed by atoms with Crippen LogP contribution in [0.1, 0.15) is 53.9 Å². The molecule has 0 aliphatic heterocycles. The molecule has 0 aliphatic carbocycles. The van der Waals surface area contributed by atoms with Gasteiger partial charge in [-0.3, -0.25) is 4.79 Å². The van der Waals surface area contributed by atoms with Gasteiger partial charge in [0.2, 0.25) is 0 Å². The van der Waals surface area contributed by atoms with E-state index in [9.17, 15) is 4.79 Å². The normalized spacial score (nSPS) is 15.1. The first-order chi connectivity index (χ1) is 6.97. The average molecular weight is 214 g/mol. The molecule has 0 bridgehead atoms. The summed E-state index contributed by atoms with van der Waals surface area (Å²) >= 11 is 0. The lowest BCUT2D eigenvalue weighted by atomic mass is 9.91. The van der Waals surface area contributed by atoms with E-state index in [4.69, 9.17) is 4.74 Å². The van der Waals surface area contributed by atoms with Crippen LogP contribution >= 0.6 is 0 Å². The van der Waals surface area contributed by atoms with Crippen molar-refractivity contribution in [2.45, 2.75) is 53.9 Å². The number of esters is 1. The van der Waals surface area contributed by atoms with Crippen molar-refractivity contribution in [2.24, 2.45) is 17.8 Å². The van der Waals surface area contributed by atoms with Crippen molar-refractivity contribution in [1.29, 1.82) is 0 Å². The first-order valence-corrected chi connectivity index (χ1v) is 6.13. The van der Waals surface area contributed by atoms with Crippen LogP contribution in [0.3, 0.4) is 0 Å². The fraction of sp³-hybridized carbons (Fsp3) is 0.923. The highest BCUT2D eigenvalue weighted by Crippen LogP contribution is 2.18. The maximum atomic E-state index is 11.4. The van der Waals surface area contributed by atoms with Gasteiger partial charge in [-0.25, -0.2) is 0 Å². The summed E-state index contributed by atoms with van der Waals surface area (Å²) in [5, 5.41) is 0. The summed E-state index contributed by atoms with van der Waals surface area (Å²) in [6.45, 7) is 11.3. The van der Waals surface area contributed by atoms with E-state index in [0.717, 1.165) is 12.8 Å². The van der Waals surface area contributed by atoms with Crippen LogP contribution < -0.4 is 0 Å². The van der Waals surface area contributed by atoms with Crippen LogP contribution in [0.15, 0.2) is 0 Å². The summed E-state index contributed by atoms with van der Waals surface area (Å²) in [7, 11) is 0. The Labute approximate surface area is 94.4 Å². The SMILES string of the molecule is CCC(C)C(C)CC(=O)OCCC(C)C. The topological polar surface area (TPSA) is 26.3 Å². The molecule has 0 amide bonds. The first kappa shape index (κ1) is 14.5. The predicted octanol–water partition coefficient (Wildman–Crippen LogP) is 3.65. The van der Waals surface area contributed by atoms with Crippen LogP contribution in [0.25, 0.3) is 0 Å². The summed E-state index contributed by atoms with van der Waals surface area (Å²) in [5.74, 6) is 1.59. The smallest absolute Gasteiger partial charge is 0.306 e. The van der Waals surface area contributed by atoms with Gasteiger partial charge in [0, 0.05) is 6.42 Å². The molecule has 15 heavy (non-hydrogen) atoms. The molecule has 0 saturated carbocycles. The van der Waals surface area contributed by atoms with Crippen LogP contribution in [0.5, 0.6) is 0 Å². The van der Waals surface area contributed by atoms with Crippen LogP contribution in [-0.2, 0) is 9.53 Å². The second-order valence-corrected chi connectivity index (χ2v) is 4.97. The third kappa shape index (κ3) is 7.40. The number of carbonyl (C=O) groups is 1. The van der Waals surface area contributed by atoms with Crippen molar-refractivity contribution < 1.29 is 9.53 Å². The Morgan fingerprint density at radius 1 is 1.13 bits per heavy atom. The van der Waals surface area contributed by atoms with Gasteiger partial charge >= 0.3 is 5.97 Å². The number of ether oxygens (including phenoxy) is 1. The molecule has 0 aliphatic rings. The van der Waals surface area contributed by atoms with Gasteiger partial charge < -0.3 is 4.74 Å². The molecular formula is C13H26O2. The Kier molecular flexibility index (Phi) is 7.45. The third-order valence-electron chi connectivity index (χ3n) is 3.06. The third-order valence-corrected chi connectivity index (χ3v) is 3.06. The zero-order valence-electron chi connectivity index (χ0n) is 10.9. The lowest BCUT2D eigenvalue weighted by molar-refractivity contribution is -0.145. The Balaban J connectivity index is 3.64. The minimum Gasteiger partial charge on any atom is -0.466 e. The molecule has 0 heterocycles. The number of rotatable bonds is 7. The molecule has 2 atom stereocenters. The van der Waals surface area contributed by atoms with Crippen molar-refractivity contribution in [3.05, 3.63) is 0 Å². The second kappa shape index (κ2) is 7.72. The van der Waals surface area contributed by atoms with E-state index < -0.39 is 0 Å². The standard InChI is InChI=1S/C13H26O2/c1-6-11(4)12(5)9-13(14)15-8-7-10(2)3/h10-12H,6-9H2,1-5H3. The van der Waals surface area contributed by atoms with Crippen LogP contribution in [0.4, 0.5) is 0 Å². The highest BCUT2D eigenvalue weighted by Gasteiger charge is 2.15. The maximum absolute atomic E-state index is 11.4. The molecule has 0 fully saturated rings. The Morgan fingerprint density at radius 2 is 1.73 bits per heavy atom. The minimum atomic E-state index is -0.0385. The van der Waals surface area contributed by atoms with E-state index in [-0.39, 0.29) is 5.97 Å². The molecule has 90 valence electrons. The molecule has 2 heteroatoms. The lowest BCUT2D eigenvalue weighted by Crippen LogP contribution is -2.15. The molecule has 0 spiro atoms. The van der Waals surface area contributed by atoms with E-state index in [1.165, 1.54) is 0 Å². The molecular weight excluding hydrogens is 188 g/mol. The zero-order valence-corrected chi connectivity index (χ0v) is 10.9. The highest BCUT2D eigenvalue weighted by molar-refractivity contribution is 5.69. The van der Waals surface area contributed by atoms with Crippen LogP contribution in [0, 0.1) is 17.8 Å². The molecule has 0 saturated heterocycles. The molecule has 0 aromatic rings. The van der Waals surface area contributed by atoms with Gasteiger partial charge in [0.25, 0.3) is 0 Å². The van der Waals surface area contributed by atoms with Crippen molar-refractivity contribution in [2.75, 3.05) is 6.61 Å². The Bertz CT molecular complexity index is 175. The van der Waals surface area contributed by atoms with Gasteiger partial charge in [-0.05, 0) is 24.2 Å². The van der Waals surface area contributed by atoms with Gasteiger partial charge in [0.1, 0.15) is 0 Å². The summed E-state index contributed by atoms with van der Waals surface area (Å²) in [6, 6.07) is 0. The van der Waals surface area contributed by atoms with Crippen LogP contribution in [-0.4, -0.2) is 12.6 Å². The van der Waals surface area contributed by atoms with Crippen molar-refractivity contribution in [3.8, 4) is 0 Å². The molecule has 0 radical (unpaired) electrons. The molecule has 2 nitrogen and oxygen atoms in total. The van der Waals surface area contributed by atoms with Gasteiger partial charge in [-0.1, -0.05) is 41.0 Å². The van der Waals surface area contributed by atoms with Gasteiger partial charge in [-0.15, -0.1) is 0 Å². The zero-order chi connectivity index (χ0) is 11.8. The predicted molar refractivity (Wildman–Crippen MR) is 63.7 cm³/mol. The van der Waals surface area contributed by atoms with E-state index in [1.807, 2.05) is 0 Å². The molecule has 0 N–H and O–H groups in total. The lowest BCUT2D eigenvalue weighted by Gasteiger charge is -2.17. The van der Waals surface area contributed by atoms with Crippen molar-refractivity contribution in [3.63, 3.8) is 0 Å². The quantitative estimate of drug-likeness (QED) is 0.605. The summed E-state index contributed by atoms with van der Waals surface area (Å²) in [5.41, 5.74) is 0. The fourth-order valence-corrected chi connectivity index (χ4v) is 1.33. The number of hydrogen-bond donors (Lipinski definition) is 0. The number of carbonyl (C=O) groups excluding carboxylic acids is 1. The Hall–Kier alpha value is -0.530. The molecule has 0 rings (SSSR count). The van der Waals surface area contributed by atoms with E-state index >= 15 is 0 Å². The average Bonchev–Trinajstić information content (AvgIpc) is 2.15. The molecule has 0 aromatic heterocycles. The highest BCUT2D eigenvalue weighted by atomic mass is 16.5. The van der Waals surface area contributed by atoms with E-state index in [0.29, 0.717) is 30.8 Å². The van der Waals surface area contributed by atoms with Crippen LogP contribution in [0.2, 0.25) is 0 Å². The fourth-order valence-electron chi connectivity index (χ4n) is 1.33.